The van der Waals surface area contributed by atoms with Crippen molar-refractivity contribution in [3.63, 3.8) is 0 Å². The normalized spacial score (nSPS) is 38.1. The molecule has 3 N–H and O–H groups in total. The molecule has 4 heteroatoms. The molecule has 0 radical (unpaired) electrons. The SMILES string of the molecule is CC1CN(C)CCC1(N)C(=O)O. The van der Waals surface area contributed by atoms with E-state index in [9.17, 15) is 4.79 Å². The first kappa shape index (κ1) is 9.48. The Labute approximate surface area is 72.3 Å². The van der Waals surface area contributed by atoms with E-state index in [1.807, 2.05) is 14.0 Å². The number of hydrogen-bond donors (Lipinski definition) is 2. The van der Waals surface area contributed by atoms with Gasteiger partial charge >= 0.3 is 5.97 Å². The Kier molecular flexibility index (Phi) is 2.39. The van der Waals surface area contributed by atoms with Crippen LogP contribution in [0.25, 0.3) is 0 Å². The molecule has 1 rings (SSSR count). The summed E-state index contributed by atoms with van der Waals surface area (Å²) in [6.45, 7) is 3.43. The standard InChI is InChI=1S/C8H16N2O2/c1-6-5-10(2)4-3-8(6,9)7(11)12/h6H,3-5,9H2,1-2H3,(H,11,12). The quantitative estimate of drug-likeness (QED) is 0.572. The lowest BCUT2D eigenvalue weighted by Crippen LogP contribution is -2.60. The minimum atomic E-state index is -1.01. The average Bonchev–Trinajstić information content (AvgIpc) is 1.97. The van der Waals surface area contributed by atoms with Crippen LogP contribution in [0.3, 0.4) is 0 Å². The second-order valence-corrected chi connectivity index (χ2v) is 3.76. The Morgan fingerprint density at radius 2 is 2.33 bits per heavy atom. The van der Waals surface area contributed by atoms with Gasteiger partial charge in [0.15, 0.2) is 0 Å². The first-order chi connectivity index (χ1) is 5.47. The lowest BCUT2D eigenvalue weighted by molar-refractivity contribution is -0.147. The number of carbonyl (C=O) groups is 1. The number of nitrogens with two attached hydrogens (primary N) is 1. The topological polar surface area (TPSA) is 66.6 Å². The molecule has 0 aromatic carbocycles. The van der Waals surface area contributed by atoms with Crippen molar-refractivity contribution in [2.24, 2.45) is 11.7 Å². The summed E-state index contributed by atoms with van der Waals surface area (Å²) < 4.78 is 0. The molecule has 2 unspecified atom stereocenters. The highest BCUT2D eigenvalue weighted by atomic mass is 16.4. The number of likely N-dealkylation sites (tertiary alicyclic amines) is 1. The first-order valence-corrected chi connectivity index (χ1v) is 4.17. The Bertz CT molecular complexity index is 195. The second kappa shape index (κ2) is 3.03. The van der Waals surface area contributed by atoms with Gasteiger partial charge in [-0.2, -0.15) is 0 Å². The molecule has 1 aliphatic heterocycles. The number of hydrogen-bond acceptors (Lipinski definition) is 3. The third-order valence-corrected chi connectivity index (χ3v) is 2.77. The van der Waals surface area contributed by atoms with Crippen LogP contribution in [0.1, 0.15) is 13.3 Å². The van der Waals surface area contributed by atoms with E-state index in [0.717, 1.165) is 13.1 Å². The molecule has 2 atom stereocenters. The van der Waals surface area contributed by atoms with E-state index in [-0.39, 0.29) is 5.92 Å². The molecule has 1 saturated heterocycles. The Morgan fingerprint density at radius 1 is 1.75 bits per heavy atom. The van der Waals surface area contributed by atoms with Gasteiger partial charge in [0.25, 0.3) is 0 Å². The van der Waals surface area contributed by atoms with E-state index in [1.54, 1.807) is 0 Å². The monoisotopic (exact) mass is 172 g/mol. The Morgan fingerprint density at radius 3 is 2.75 bits per heavy atom. The van der Waals surface area contributed by atoms with Gasteiger partial charge in [0, 0.05) is 13.1 Å². The van der Waals surface area contributed by atoms with E-state index in [4.69, 9.17) is 10.8 Å². The summed E-state index contributed by atoms with van der Waals surface area (Å²) in [6, 6.07) is 0. The van der Waals surface area contributed by atoms with Crippen LogP contribution in [-0.2, 0) is 4.79 Å². The fourth-order valence-corrected chi connectivity index (χ4v) is 1.66. The molecule has 1 heterocycles. The van der Waals surface area contributed by atoms with Crippen molar-refractivity contribution in [3.05, 3.63) is 0 Å². The van der Waals surface area contributed by atoms with Gasteiger partial charge in [0.1, 0.15) is 5.54 Å². The maximum absolute atomic E-state index is 10.8. The van der Waals surface area contributed by atoms with E-state index >= 15 is 0 Å². The molecule has 4 nitrogen and oxygen atoms in total. The Balaban J connectivity index is 2.72. The summed E-state index contributed by atoms with van der Waals surface area (Å²) in [7, 11) is 1.98. The van der Waals surface area contributed by atoms with Crippen LogP contribution in [0, 0.1) is 5.92 Å². The summed E-state index contributed by atoms with van der Waals surface area (Å²) in [6.07, 6.45) is 0.542. The van der Waals surface area contributed by atoms with Crippen molar-refractivity contribution < 1.29 is 9.90 Å². The molecule has 0 amide bonds. The third kappa shape index (κ3) is 1.44. The van der Waals surface area contributed by atoms with Crippen LogP contribution >= 0.6 is 0 Å². The predicted molar refractivity (Wildman–Crippen MR) is 45.8 cm³/mol. The van der Waals surface area contributed by atoms with Gasteiger partial charge in [-0.05, 0) is 19.4 Å². The van der Waals surface area contributed by atoms with Gasteiger partial charge in [-0.1, -0.05) is 6.92 Å². The molecule has 70 valence electrons. The van der Waals surface area contributed by atoms with Crippen molar-refractivity contribution in [2.75, 3.05) is 20.1 Å². The smallest absolute Gasteiger partial charge is 0.324 e. The summed E-state index contributed by atoms with van der Waals surface area (Å²) in [4.78, 5) is 13.0. The lowest BCUT2D eigenvalue weighted by Gasteiger charge is -2.39. The number of nitrogens with zero attached hydrogens (tertiary/aromatic N) is 1. The second-order valence-electron chi connectivity index (χ2n) is 3.76. The van der Waals surface area contributed by atoms with Crippen molar-refractivity contribution >= 4 is 5.97 Å². The summed E-state index contributed by atoms with van der Waals surface area (Å²) in [5.74, 6) is -0.850. The third-order valence-electron chi connectivity index (χ3n) is 2.77. The number of rotatable bonds is 1. The fourth-order valence-electron chi connectivity index (χ4n) is 1.66. The van der Waals surface area contributed by atoms with Crippen LogP contribution in [-0.4, -0.2) is 41.7 Å². The minimum Gasteiger partial charge on any atom is -0.480 e. The highest BCUT2D eigenvalue weighted by Crippen LogP contribution is 2.24. The van der Waals surface area contributed by atoms with E-state index in [2.05, 4.69) is 4.90 Å². The average molecular weight is 172 g/mol. The van der Waals surface area contributed by atoms with E-state index in [1.165, 1.54) is 0 Å². The van der Waals surface area contributed by atoms with Gasteiger partial charge < -0.3 is 15.7 Å². The van der Waals surface area contributed by atoms with Crippen LogP contribution < -0.4 is 5.73 Å². The van der Waals surface area contributed by atoms with Gasteiger partial charge in [-0.25, -0.2) is 0 Å². The van der Waals surface area contributed by atoms with Crippen LogP contribution in [0.5, 0.6) is 0 Å². The van der Waals surface area contributed by atoms with Crippen LogP contribution in [0.2, 0.25) is 0 Å². The predicted octanol–water partition coefficient (Wildman–Crippen LogP) is -0.260. The minimum absolute atomic E-state index is 0.0220. The van der Waals surface area contributed by atoms with Crippen molar-refractivity contribution in [2.45, 2.75) is 18.9 Å². The molecule has 0 aliphatic carbocycles. The fraction of sp³-hybridized carbons (Fsp3) is 0.875. The molecule has 0 aromatic rings. The van der Waals surface area contributed by atoms with Crippen LogP contribution in [0.4, 0.5) is 0 Å². The Hall–Kier alpha value is -0.610. The number of carboxylic acids is 1. The number of aliphatic carboxylic acids is 1. The highest BCUT2D eigenvalue weighted by Gasteiger charge is 2.42. The van der Waals surface area contributed by atoms with Crippen molar-refractivity contribution in [1.29, 1.82) is 0 Å². The maximum atomic E-state index is 10.8. The summed E-state index contributed by atoms with van der Waals surface area (Å²) >= 11 is 0. The molecule has 0 saturated carbocycles. The van der Waals surface area contributed by atoms with Gasteiger partial charge in [0.2, 0.25) is 0 Å². The summed E-state index contributed by atoms with van der Waals surface area (Å²) in [5, 5.41) is 8.91. The zero-order valence-corrected chi connectivity index (χ0v) is 7.58. The zero-order valence-electron chi connectivity index (χ0n) is 7.58. The molecular weight excluding hydrogens is 156 g/mol. The van der Waals surface area contributed by atoms with E-state index in [0.29, 0.717) is 6.42 Å². The van der Waals surface area contributed by atoms with Crippen molar-refractivity contribution in [3.8, 4) is 0 Å². The molecule has 12 heavy (non-hydrogen) atoms. The molecule has 1 fully saturated rings. The maximum Gasteiger partial charge on any atom is 0.324 e. The number of piperidine rings is 1. The molecule has 1 aliphatic rings. The largest absolute Gasteiger partial charge is 0.480 e. The highest BCUT2D eigenvalue weighted by molar-refractivity contribution is 5.79. The van der Waals surface area contributed by atoms with E-state index < -0.39 is 11.5 Å². The molecule has 0 spiro atoms. The van der Waals surface area contributed by atoms with Gasteiger partial charge in [-0.3, -0.25) is 4.79 Å². The molecule has 0 bridgehead atoms. The van der Waals surface area contributed by atoms with Crippen molar-refractivity contribution in [1.82, 2.24) is 4.90 Å². The molecular formula is C8H16N2O2. The summed E-state index contributed by atoms with van der Waals surface area (Å²) in [5.41, 5.74) is 4.77. The van der Waals surface area contributed by atoms with Gasteiger partial charge in [0.05, 0.1) is 0 Å². The lowest BCUT2D eigenvalue weighted by atomic mass is 9.80. The van der Waals surface area contributed by atoms with Crippen LogP contribution in [0.15, 0.2) is 0 Å². The zero-order chi connectivity index (χ0) is 9.35. The number of carboxylic acid groups (broad SMARTS) is 1. The van der Waals surface area contributed by atoms with Gasteiger partial charge in [-0.15, -0.1) is 0 Å². The first-order valence-electron chi connectivity index (χ1n) is 4.17. The molecule has 0 aromatic heterocycles.